The minimum Gasteiger partial charge on any atom is -0.340 e. The van der Waals surface area contributed by atoms with Gasteiger partial charge in [-0.05, 0) is 48.9 Å². The largest absolute Gasteiger partial charge is 0.340 e. The number of nitriles is 1. The van der Waals surface area contributed by atoms with Gasteiger partial charge >= 0.3 is 0 Å². The van der Waals surface area contributed by atoms with Crippen LogP contribution < -0.4 is 0 Å². The number of H-pyrrole nitrogens is 1. The van der Waals surface area contributed by atoms with Gasteiger partial charge in [-0.1, -0.05) is 42.5 Å². The first kappa shape index (κ1) is 18.0. The molecule has 0 radical (unpaired) electrons. The Morgan fingerprint density at radius 1 is 0.929 bits per heavy atom. The Morgan fingerprint density at radius 2 is 1.57 bits per heavy atom. The van der Waals surface area contributed by atoms with E-state index in [1.54, 1.807) is 61.5 Å². The highest BCUT2D eigenvalue weighted by Crippen LogP contribution is 2.40. The lowest BCUT2D eigenvalue weighted by Gasteiger charge is -2.28. The summed E-state index contributed by atoms with van der Waals surface area (Å²) in [7, 11) is -3.85. The summed E-state index contributed by atoms with van der Waals surface area (Å²) < 4.78 is 26.1. The van der Waals surface area contributed by atoms with Gasteiger partial charge in [0, 0.05) is 0 Å². The predicted octanol–water partition coefficient (Wildman–Crippen LogP) is 4.17. The molecule has 1 N–H and O–H groups in total. The highest BCUT2D eigenvalue weighted by molar-refractivity contribution is 7.92. The van der Waals surface area contributed by atoms with Crippen LogP contribution in [0.4, 0.5) is 0 Å². The molecule has 1 heterocycles. The third-order valence-electron chi connectivity index (χ3n) is 5.00. The van der Waals surface area contributed by atoms with Crippen molar-refractivity contribution in [2.45, 2.75) is 16.6 Å². The van der Waals surface area contributed by atoms with Crippen LogP contribution in [0.1, 0.15) is 23.9 Å². The standard InChI is InChI=1S/C22H17N3O2S/c1-22(17-13-11-16(15-23)12-14-17,28(26,27)18-7-3-2-4-8-18)21-24-19-9-5-6-10-20(19)25-21/h2-14H,1H3,(H,24,25). The zero-order chi connectivity index (χ0) is 19.8. The van der Waals surface area contributed by atoms with Gasteiger partial charge in [-0.2, -0.15) is 5.26 Å². The quantitative estimate of drug-likeness (QED) is 0.569. The van der Waals surface area contributed by atoms with E-state index in [2.05, 4.69) is 16.0 Å². The first-order valence-corrected chi connectivity index (χ1v) is 10.2. The van der Waals surface area contributed by atoms with E-state index >= 15 is 0 Å². The molecule has 0 spiro atoms. The van der Waals surface area contributed by atoms with E-state index < -0.39 is 14.6 Å². The monoisotopic (exact) mass is 387 g/mol. The van der Waals surface area contributed by atoms with Crippen molar-refractivity contribution in [2.24, 2.45) is 0 Å². The van der Waals surface area contributed by atoms with E-state index in [0.717, 1.165) is 5.52 Å². The lowest BCUT2D eigenvalue weighted by molar-refractivity contribution is 0.558. The molecule has 0 amide bonds. The highest BCUT2D eigenvalue weighted by atomic mass is 32.2. The normalized spacial score (nSPS) is 13.7. The molecule has 5 nitrogen and oxygen atoms in total. The van der Waals surface area contributed by atoms with E-state index in [4.69, 9.17) is 5.26 Å². The second kappa shape index (κ2) is 6.63. The summed E-state index contributed by atoms with van der Waals surface area (Å²) in [4.78, 5) is 7.99. The number of rotatable bonds is 4. The summed E-state index contributed by atoms with van der Waals surface area (Å²) >= 11 is 0. The van der Waals surface area contributed by atoms with E-state index in [0.29, 0.717) is 22.5 Å². The Hall–Kier alpha value is -3.43. The van der Waals surface area contributed by atoms with E-state index in [1.165, 1.54) is 0 Å². The van der Waals surface area contributed by atoms with Crippen molar-refractivity contribution in [3.63, 3.8) is 0 Å². The number of para-hydroxylation sites is 2. The first-order valence-electron chi connectivity index (χ1n) is 8.72. The Labute approximate surface area is 163 Å². The van der Waals surface area contributed by atoms with Crippen molar-refractivity contribution in [1.29, 1.82) is 5.26 Å². The molecule has 6 heteroatoms. The number of nitrogens with zero attached hydrogens (tertiary/aromatic N) is 2. The zero-order valence-corrected chi connectivity index (χ0v) is 15.9. The summed E-state index contributed by atoms with van der Waals surface area (Å²) in [5.74, 6) is 0.335. The Kier molecular flexibility index (Phi) is 4.25. The number of fused-ring (bicyclic) bond motifs is 1. The molecule has 0 aliphatic rings. The van der Waals surface area contributed by atoms with Gasteiger partial charge in [-0.15, -0.1) is 0 Å². The molecule has 4 aromatic rings. The van der Waals surface area contributed by atoms with Crippen LogP contribution >= 0.6 is 0 Å². The molecule has 3 aromatic carbocycles. The van der Waals surface area contributed by atoms with Gasteiger partial charge in [0.05, 0.1) is 27.6 Å². The number of hydrogen-bond acceptors (Lipinski definition) is 4. The van der Waals surface area contributed by atoms with E-state index in [-0.39, 0.29) is 4.90 Å². The van der Waals surface area contributed by atoms with E-state index in [1.807, 2.05) is 24.3 Å². The predicted molar refractivity (Wildman–Crippen MR) is 107 cm³/mol. The lowest BCUT2D eigenvalue weighted by atomic mass is 9.98. The van der Waals surface area contributed by atoms with Crippen molar-refractivity contribution < 1.29 is 8.42 Å². The molecule has 0 bridgehead atoms. The highest BCUT2D eigenvalue weighted by Gasteiger charge is 2.46. The molecule has 1 atom stereocenters. The SMILES string of the molecule is CC(c1ccc(C#N)cc1)(c1nc2ccccc2[nH]1)S(=O)(=O)c1ccccc1. The fraction of sp³-hybridized carbons (Fsp3) is 0.0909. The lowest BCUT2D eigenvalue weighted by Crippen LogP contribution is -2.35. The summed E-state index contributed by atoms with van der Waals surface area (Å²) in [6.45, 7) is 1.65. The number of benzene rings is 3. The van der Waals surface area contributed by atoms with Crippen LogP contribution in [0, 0.1) is 11.3 Å². The minimum atomic E-state index is -3.85. The van der Waals surface area contributed by atoms with Gasteiger partial charge in [0.2, 0.25) is 0 Å². The van der Waals surface area contributed by atoms with Crippen LogP contribution in [0.3, 0.4) is 0 Å². The number of hydrogen-bond donors (Lipinski definition) is 1. The van der Waals surface area contributed by atoms with Crippen LogP contribution in [0.15, 0.2) is 83.8 Å². The van der Waals surface area contributed by atoms with Crippen LogP contribution in [-0.2, 0) is 14.6 Å². The van der Waals surface area contributed by atoms with Gasteiger partial charge in [-0.3, -0.25) is 0 Å². The summed E-state index contributed by atoms with van der Waals surface area (Å²) in [6, 6.07) is 24.4. The Balaban J connectivity index is 2.01. The van der Waals surface area contributed by atoms with Crippen molar-refractivity contribution in [2.75, 3.05) is 0 Å². The summed E-state index contributed by atoms with van der Waals surface area (Å²) in [5.41, 5.74) is 2.46. The molecule has 1 unspecified atom stereocenters. The van der Waals surface area contributed by atoms with Crippen molar-refractivity contribution in [3.8, 4) is 6.07 Å². The van der Waals surface area contributed by atoms with Gasteiger partial charge in [0.15, 0.2) is 14.6 Å². The maximum absolute atomic E-state index is 13.8. The van der Waals surface area contributed by atoms with Crippen molar-refractivity contribution in [3.05, 3.63) is 95.8 Å². The van der Waals surface area contributed by atoms with Gasteiger partial charge < -0.3 is 4.98 Å². The Bertz CT molecular complexity index is 1250. The van der Waals surface area contributed by atoms with Crippen LogP contribution in [0.25, 0.3) is 11.0 Å². The fourth-order valence-electron chi connectivity index (χ4n) is 3.30. The number of sulfone groups is 1. The average molecular weight is 387 g/mol. The zero-order valence-electron chi connectivity index (χ0n) is 15.1. The molecule has 28 heavy (non-hydrogen) atoms. The molecular weight excluding hydrogens is 370 g/mol. The number of aromatic nitrogens is 2. The third-order valence-corrected chi connectivity index (χ3v) is 7.39. The van der Waals surface area contributed by atoms with Gasteiger partial charge in [0.25, 0.3) is 0 Å². The number of aromatic amines is 1. The minimum absolute atomic E-state index is 0.210. The van der Waals surface area contributed by atoms with E-state index in [9.17, 15) is 8.42 Å². The number of imidazole rings is 1. The van der Waals surface area contributed by atoms with Crippen LogP contribution in [-0.4, -0.2) is 18.4 Å². The second-order valence-electron chi connectivity index (χ2n) is 6.64. The number of nitrogens with one attached hydrogen (secondary N) is 1. The third kappa shape index (κ3) is 2.68. The maximum Gasteiger partial charge on any atom is 0.195 e. The smallest absolute Gasteiger partial charge is 0.195 e. The van der Waals surface area contributed by atoms with Gasteiger partial charge in [0.1, 0.15) is 5.82 Å². The maximum atomic E-state index is 13.8. The molecule has 0 saturated heterocycles. The summed E-state index contributed by atoms with van der Waals surface area (Å²) in [6.07, 6.45) is 0. The molecule has 0 fully saturated rings. The molecule has 0 aliphatic heterocycles. The Morgan fingerprint density at radius 3 is 2.21 bits per heavy atom. The molecule has 1 aromatic heterocycles. The summed E-state index contributed by atoms with van der Waals surface area (Å²) in [5, 5.41) is 9.09. The van der Waals surface area contributed by atoms with Crippen molar-refractivity contribution >= 4 is 20.9 Å². The second-order valence-corrected chi connectivity index (χ2v) is 8.94. The molecule has 4 rings (SSSR count). The molecule has 138 valence electrons. The van der Waals surface area contributed by atoms with Crippen LogP contribution in [0.5, 0.6) is 0 Å². The van der Waals surface area contributed by atoms with Crippen molar-refractivity contribution in [1.82, 2.24) is 9.97 Å². The van der Waals surface area contributed by atoms with Crippen LogP contribution in [0.2, 0.25) is 0 Å². The van der Waals surface area contributed by atoms with Gasteiger partial charge in [-0.25, -0.2) is 13.4 Å². The average Bonchev–Trinajstić information content (AvgIpc) is 3.18. The molecular formula is C22H17N3O2S. The molecule has 0 saturated carbocycles. The fourth-order valence-corrected chi connectivity index (χ4v) is 5.08. The first-order chi connectivity index (χ1) is 13.5. The molecule has 0 aliphatic carbocycles. The topological polar surface area (TPSA) is 86.6 Å².